The number of nitrogens with zero attached hydrogens (tertiary/aromatic N) is 2. The Kier molecular flexibility index (Phi) is 1.70. The van der Waals surface area contributed by atoms with Gasteiger partial charge in [0.25, 0.3) is 0 Å². The highest BCUT2D eigenvalue weighted by atomic mass is 19.1. The Bertz CT molecular complexity index is 521. The second-order valence-corrected chi connectivity index (χ2v) is 2.90. The van der Waals surface area contributed by atoms with Gasteiger partial charge in [0.1, 0.15) is 5.82 Å². The fraction of sp³-hybridized carbons (Fsp3) is 0.125. The van der Waals surface area contributed by atoms with Crippen molar-refractivity contribution in [3.63, 3.8) is 0 Å². The molecule has 0 atom stereocenters. The normalized spacial score (nSPS) is 10.7. The van der Waals surface area contributed by atoms with Crippen LogP contribution in [0.4, 0.5) is 10.1 Å². The quantitative estimate of drug-likeness (QED) is 0.558. The van der Waals surface area contributed by atoms with Gasteiger partial charge in [-0.1, -0.05) is 0 Å². The van der Waals surface area contributed by atoms with Gasteiger partial charge >= 0.3 is 5.69 Å². The Morgan fingerprint density at radius 2 is 2.29 bits per heavy atom. The summed E-state index contributed by atoms with van der Waals surface area (Å²) in [5, 5.41) is 10.4. The van der Waals surface area contributed by atoms with E-state index < -0.39 is 16.4 Å². The summed E-state index contributed by atoms with van der Waals surface area (Å²) in [5.41, 5.74) is 0.322. The summed E-state index contributed by atoms with van der Waals surface area (Å²) in [7, 11) is 0. The number of H-pyrrole nitrogens is 1. The molecule has 14 heavy (non-hydrogen) atoms. The molecule has 1 N–H and O–H groups in total. The maximum absolute atomic E-state index is 13.1. The number of aryl methyl sites for hydroxylation is 1. The third-order valence-corrected chi connectivity index (χ3v) is 1.87. The Morgan fingerprint density at radius 3 is 2.93 bits per heavy atom. The Balaban J connectivity index is 2.76. The lowest BCUT2D eigenvalue weighted by molar-refractivity contribution is -0.387. The first-order valence-electron chi connectivity index (χ1n) is 3.88. The van der Waals surface area contributed by atoms with E-state index in [2.05, 4.69) is 9.97 Å². The minimum absolute atomic E-state index is 0.394. The predicted octanol–water partition coefficient (Wildman–Crippen LogP) is 1.92. The average molecular weight is 195 g/mol. The van der Waals surface area contributed by atoms with E-state index in [0.29, 0.717) is 16.9 Å². The van der Waals surface area contributed by atoms with Crippen LogP contribution in [0.15, 0.2) is 12.1 Å². The Labute approximate surface area is 77.7 Å². The largest absolute Gasteiger partial charge is 0.342 e. The number of nitrogens with one attached hydrogen (secondary N) is 1. The molecule has 1 aromatic heterocycles. The number of benzene rings is 1. The van der Waals surface area contributed by atoms with Crippen LogP contribution >= 0.6 is 0 Å². The van der Waals surface area contributed by atoms with Crippen molar-refractivity contribution < 1.29 is 9.31 Å². The average Bonchev–Trinajstić information content (AvgIpc) is 2.42. The number of imidazole rings is 1. The van der Waals surface area contributed by atoms with E-state index in [0.717, 1.165) is 12.1 Å². The van der Waals surface area contributed by atoms with Gasteiger partial charge in [-0.25, -0.2) is 4.98 Å². The van der Waals surface area contributed by atoms with Crippen LogP contribution in [0.25, 0.3) is 11.0 Å². The van der Waals surface area contributed by atoms with Crippen molar-refractivity contribution in [3.8, 4) is 0 Å². The highest BCUT2D eigenvalue weighted by molar-refractivity contribution is 5.78. The van der Waals surface area contributed by atoms with Crippen molar-refractivity contribution in [2.45, 2.75) is 6.92 Å². The summed E-state index contributed by atoms with van der Waals surface area (Å²) in [6.07, 6.45) is 0. The van der Waals surface area contributed by atoms with Crippen LogP contribution in [-0.4, -0.2) is 14.9 Å². The summed E-state index contributed by atoms with van der Waals surface area (Å²) in [6.45, 7) is 1.70. The molecule has 72 valence electrons. The van der Waals surface area contributed by atoms with Crippen LogP contribution < -0.4 is 0 Å². The highest BCUT2D eigenvalue weighted by Gasteiger charge is 2.16. The molecular formula is C8H6FN3O2. The standard InChI is InChI=1S/C8H6FN3O2/c1-4-10-6-2-5(9)8(12(13)14)3-7(6)11-4/h2-3H,1H3,(H,10,11). The van der Waals surface area contributed by atoms with Crippen LogP contribution in [0.5, 0.6) is 0 Å². The first-order valence-corrected chi connectivity index (χ1v) is 3.88. The van der Waals surface area contributed by atoms with Crippen LogP contribution in [-0.2, 0) is 0 Å². The molecule has 0 spiro atoms. The van der Waals surface area contributed by atoms with Gasteiger partial charge in [0.2, 0.25) is 5.82 Å². The number of nitro groups is 1. The molecule has 2 rings (SSSR count). The molecule has 1 aromatic carbocycles. The Hall–Kier alpha value is -1.98. The maximum Gasteiger partial charge on any atom is 0.307 e. The van der Waals surface area contributed by atoms with Gasteiger partial charge in [-0.05, 0) is 6.92 Å². The van der Waals surface area contributed by atoms with Crippen LogP contribution in [0.1, 0.15) is 5.82 Å². The SMILES string of the molecule is Cc1nc2cc(F)c([N+](=O)[O-])cc2[nH]1. The molecule has 1 heterocycles. The van der Waals surface area contributed by atoms with Gasteiger partial charge in [-0.3, -0.25) is 10.1 Å². The van der Waals surface area contributed by atoms with E-state index in [4.69, 9.17) is 0 Å². The van der Waals surface area contributed by atoms with Crippen LogP contribution in [0, 0.1) is 22.9 Å². The zero-order chi connectivity index (χ0) is 10.3. The maximum atomic E-state index is 13.1. The Morgan fingerprint density at radius 1 is 1.57 bits per heavy atom. The minimum Gasteiger partial charge on any atom is -0.342 e. The third-order valence-electron chi connectivity index (χ3n) is 1.87. The van der Waals surface area contributed by atoms with Gasteiger partial charge in [-0.2, -0.15) is 4.39 Å². The van der Waals surface area contributed by atoms with Gasteiger partial charge in [0, 0.05) is 12.1 Å². The van der Waals surface area contributed by atoms with Crippen molar-refractivity contribution >= 4 is 16.7 Å². The van der Waals surface area contributed by atoms with Gasteiger partial charge in [0.15, 0.2) is 0 Å². The predicted molar refractivity (Wildman–Crippen MR) is 47.4 cm³/mol. The summed E-state index contributed by atoms with van der Waals surface area (Å²) in [5.74, 6) is -0.270. The lowest BCUT2D eigenvalue weighted by Gasteiger charge is -1.92. The van der Waals surface area contributed by atoms with Crippen LogP contribution in [0.3, 0.4) is 0 Å². The first kappa shape index (κ1) is 8.61. The smallest absolute Gasteiger partial charge is 0.307 e. The molecule has 0 radical (unpaired) electrons. The van der Waals surface area contributed by atoms with Gasteiger partial charge in [0.05, 0.1) is 16.0 Å². The number of nitro benzene ring substituents is 1. The van der Waals surface area contributed by atoms with Crippen molar-refractivity contribution in [2.75, 3.05) is 0 Å². The van der Waals surface area contributed by atoms with E-state index in [1.165, 1.54) is 0 Å². The van der Waals surface area contributed by atoms with Gasteiger partial charge in [-0.15, -0.1) is 0 Å². The van der Waals surface area contributed by atoms with E-state index >= 15 is 0 Å². The second kappa shape index (κ2) is 2.76. The fourth-order valence-electron chi connectivity index (χ4n) is 1.29. The third kappa shape index (κ3) is 1.20. The van der Waals surface area contributed by atoms with E-state index in [1.54, 1.807) is 6.92 Å². The number of aromatic amines is 1. The van der Waals surface area contributed by atoms with Crippen molar-refractivity contribution in [2.24, 2.45) is 0 Å². The lowest BCUT2D eigenvalue weighted by atomic mass is 10.2. The lowest BCUT2D eigenvalue weighted by Crippen LogP contribution is -1.91. The van der Waals surface area contributed by atoms with Crippen LogP contribution in [0.2, 0.25) is 0 Å². The highest BCUT2D eigenvalue weighted by Crippen LogP contribution is 2.22. The van der Waals surface area contributed by atoms with E-state index in [-0.39, 0.29) is 0 Å². The number of hydrogen-bond donors (Lipinski definition) is 1. The molecule has 0 fully saturated rings. The number of fused-ring (bicyclic) bond motifs is 1. The number of rotatable bonds is 1. The summed E-state index contributed by atoms with van der Waals surface area (Å²) in [4.78, 5) is 16.4. The summed E-state index contributed by atoms with van der Waals surface area (Å²) < 4.78 is 13.1. The second-order valence-electron chi connectivity index (χ2n) is 2.90. The van der Waals surface area contributed by atoms with Crippen molar-refractivity contribution in [3.05, 3.63) is 33.9 Å². The zero-order valence-corrected chi connectivity index (χ0v) is 7.24. The molecule has 0 unspecified atom stereocenters. The molecule has 0 aliphatic carbocycles. The fourth-order valence-corrected chi connectivity index (χ4v) is 1.29. The summed E-state index contributed by atoms with van der Waals surface area (Å²) in [6, 6.07) is 2.20. The van der Waals surface area contributed by atoms with E-state index in [9.17, 15) is 14.5 Å². The molecule has 0 aliphatic heterocycles. The first-order chi connectivity index (χ1) is 6.58. The molecule has 5 nitrogen and oxygen atoms in total. The number of hydrogen-bond acceptors (Lipinski definition) is 3. The molecule has 0 saturated carbocycles. The molecule has 2 aromatic rings. The van der Waals surface area contributed by atoms with Gasteiger partial charge < -0.3 is 4.98 Å². The molecule has 6 heteroatoms. The topological polar surface area (TPSA) is 71.8 Å². The monoisotopic (exact) mass is 195 g/mol. The number of aromatic nitrogens is 2. The zero-order valence-electron chi connectivity index (χ0n) is 7.24. The van der Waals surface area contributed by atoms with Crippen molar-refractivity contribution in [1.82, 2.24) is 9.97 Å². The molecular weight excluding hydrogens is 189 g/mol. The molecule has 0 amide bonds. The van der Waals surface area contributed by atoms with E-state index in [1.807, 2.05) is 0 Å². The molecule has 0 aliphatic rings. The number of halogens is 1. The molecule has 0 saturated heterocycles. The molecule has 0 bridgehead atoms. The van der Waals surface area contributed by atoms with Crippen molar-refractivity contribution in [1.29, 1.82) is 0 Å². The minimum atomic E-state index is -0.867. The summed E-state index contributed by atoms with van der Waals surface area (Å²) >= 11 is 0.